The van der Waals surface area contributed by atoms with Crippen LogP contribution in [0.1, 0.15) is 18.1 Å². The maximum absolute atomic E-state index is 11.7. The molecule has 1 aliphatic heterocycles. The monoisotopic (exact) mass is 499 g/mol. The Morgan fingerprint density at radius 1 is 1.07 bits per heavy atom. The number of benzene rings is 3. The van der Waals surface area contributed by atoms with Gasteiger partial charge < -0.3 is 9.57 Å². The molecule has 0 saturated heterocycles. The van der Waals surface area contributed by atoms with Gasteiger partial charge in [0.2, 0.25) is 0 Å². The molecule has 0 saturated carbocycles. The van der Waals surface area contributed by atoms with Crippen molar-refractivity contribution in [3.63, 3.8) is 0 Å². The van der Waals surface area contributed by atoms with Crippen LogP contribution >= 0.6 is 31.9 Å². The summed E-state index contributed by atoms with van der Waals surface area (Å²) in [6.07, 6.45) is 1.75. The van der Waals surface area contributed by atoms with Crippen LogP contribution < -0.4 is 4.74 Å². The normalized spacial score (nSPS) is 15.0. The van der Waals surface area contributed by atoms with Gasteiger partial charge in [-0.2, -0.15) is 0 Å². The minimum atomic E-state index is -0.443. The molecule has 3 aromatic rings. The molecule has 0 fully saturated rings. The molecule has 1 aliphatic rings. The minimum Gasteiger partial charge on any atom is -0.487 e. The van der Waals surface area contributed by atoms with Crippen molar-refractivity contribution >= 4 is 60.4 Å². The Hall–Kier alpha value is -2.44. The van der Waals surface area contributed by atoms with E-state index in [0.29, 0.717) is 23.6 Å². The third-order valence-corrected chi connectivity index (χ3v) is 5.64. The standard InChI is InChI=1S/C22H15Br2NO3/c1-13-18(22(26)28-25-13)9-14-10-19(23)21(20(24)11-14)27-12-16-7-4-6-15-5-2-3-8-17(15)16/h2-11H,12H2,1H3/b18-9-. The number of ether oxygens (including phenoxy) is 1. The molecule has 0 N–H and O–H groups in total. The van der Waals surface area contributed by atoms with Crippen molar-refractivity contribution in [1.29, 1.82) is 0 Å². The van der Waals surface area contributed by atoms with Crippen LogP contribution in [0.25, 0.3) is 16.8 Å². The molecule has 6 heteroatoms. The molecule has 0 atom stereocenters. The average molecular weight is 501 g/mol. The molecule has 0 bridgehead atoms. The zero-order chi connectivity index (χ0) is 19.7. The lowest BCUT2D eigenvalue weighted by Gasteiger charge is -2.13. The van der Waals surface area contributed by atoms with E-state index >= 15 is 0 Å². The number of carbonyl (C=O) groups excluding carboxylic acids is 1. The van der Waals surface area contributed by atoms with Crippen molar-refractivity contribution in [2.45, 2.75) is 13.5 Å². The topological polar surface area (TPSA) is 47.9 Å². The number of nitrogens with zero attached hydrogens (tertiary/aromatic N) is 1. The van der Waals surface area contributed by atoms with Crippen LogP contribution in [0.15, 0.2) is 74.3 Å². The molecule has 0 unspecified atom stereocenters. The summed E-state index contributed by atoms with van der Waals surface area (Å²) >= 11 is 7.14. The lowest BCUT2D eigenvalue weighted by molar-refractivity contribution is -0.136. The first-order valence-electron chi connectivity index (χ1n) is 8.59. The third-order valence-electron chi connectivity index (χ3n) is 4.46. The van der Waals surface area contributed by atoms with Gasteiger partial charge in [-0.1, -0.05) is 47.6 Å². The van der Waals surface area contributed by atoms with E-state index < -0.39 is 5.97 Å². The highest BCUT2D eigenvalue weighted by molar-refractivity contribution is 9.11. The first-order valence-corrected chi connectivity index (χ1v) is 10.2. The van der Waals surface area contributed by atoms with Gasteiger partial charge in [0.25, 0.3) is 0 Å². The fourth-order valence-corrected chi connectivity index (χ4v) is 4.51. The van der Waals surface area contributed by atoms with Crippen LogP contribution in [0.2, 0.25) is 0 Å². The van der Waals surface area contributed by atoms with Gasteiger partial charge >= 0.3 is 5.97 Å². The first-order chi connectivity index (χ1) is 13.5. The highest BCUT2D eigenvalue weighted by atomic mass is 79.9. The number of rotatable bonds is 4. The van der Waals surface area contributed by atoms with Crippen molar-refractivity contribution in [3.05, 3.63) is 80.2 Å². The largest absolute Gasteiger partial charge is 0.487 e. The number of hydrogen-bond donors (Lipinski definition) is 0. The Balaban J connectivity index is 1.60. The second-order valence-corrected chi connectivity index (χ2v) is 8.06. The smallest absolute Gasteiger partial charge is 0.367 e. The van der Waals surface area contributed by atoms with E-state index in [0.717, 1.165) is 20.1 Å². The summed E-state index contributed by atoms with van der Waals surface area (Å²) in [5.74, 6) is 0.260. The van der Waals surface area contributed by atoms with Gasteiger partial charge in [-0.25, -0.2) is 4.79 Å². The second kappa shape index (κ2) is 7.89. The zero-order valence-electron chi connectivity index (χ0n) is 14.9. The fraction of sp³-hybridized carbons (Fsp3) is 0.0909. The summed E-state index contributed by atoms with van der Waals surface area (Å²) in [7, 11) is 0. The van der Waals surface area contributed by atoms with Crippen LogP contribution in [-0.2, 0) is 16.2 Å². The quantitative estimate of drug-likeness (QED) is 0.313. The molecule has 0 spiro atoms. The highest BCUT2D eigenvalue weighted by Gasteiger charge is 2.22. The van der Waals surface area contributed by atoms with E-state index in [2.05, 4.69) is 66.1 Å². The molecule has 28 heavy (non-hydrogen) atoms. The molecule has 0 radical (unpaired) electrons. The summed E-state index contributed by atoms with van der Waals surface area (Å²) in [6, 6.07) is 18.2. The molecule has 1 heterocycles. The Morgan fingerprint density at radius 3 is 2.50 bits per heavy atom. The molecule has 140 valence electrons. The number of hydrogen-bond acceptors (Lipinski definition) is 4. The van der Waals surface area contributed by atoms with E-state index in [-0.39, 0.29) is 0 Å². The highest BCUT2D eigenvalue weighted by Crippen LogP contribution is 2.36. The molecule has 3 aromatic carbocycles. The summed E-state index contributed by atoms with van der Waals surface area (Å²) in [4.78, 5) is 16.4. The maximum atomic E-state index is 11.7. The van der Waals surface area contributed by atoms with Crippen molar-refractivity contribution < 1.29 is 14.4 Å². The molecular formula is C22H15Br2NO3. The van der Waals surface area contributed by atoms with Crippen LogP contribution in [0.4, 0.5) is 0 Å². The summed E-state index contributed by atoms with van der Waals surface area (Å²) in [5, 5.41) is 6.05. The molecule has 0 amide bonds. The van der Waals surface area contributed by atoms with Crippen molar-refractivity contribution in [2.75, 3.05) is 0 Å². The lowest BCUT2D eigenvalue weighted by Crippen LogP contribution is -2.02. The molecule has 4 nitrogen and oxygen atoms in total. The van der Waals surface area contributed by atoms with Crippen LogP contribution in [0.5, 0.6) is 5.75 Å². The van der Waals surface area contributed by atoms with E-state index in [9.17, 15) is 4.79 Å². The van der Waals surface area contributed by atoms with E-state index in [1.165, 1.54) is 10.8 Å². The first kappa shape index (κ1) is 18.9. The van der Waals surface area contributed by atoms with Crippen LogP contribution in [0.3, 0.4) is 0 Å². The fourth-order valence-electron chi connectivity index (χ4n) is 3.05. The van der Waals surface area contributed by atoms with Gasteiger partial charge in [-0.3, -0.25) is 0 Å². The number of carbonyl (C=O) groups is 1. The molecule has 0 aliphatic carbocycles. The SMILES string of the molecule is CC1=NOC(=O)/C1=C\c1cc(Br)c(OCc2cccc3ccccc23)c(Br)c1. The predicted octanol–water partition coefficient (Wildman–Crippen LogP) is 6.26. The second-order valence-electron chi connectivity index (χ2n) is 6.35. The van der Waals surface area contributed by atoms with Gasteiger partial charge in [-0.15, -0.1) is 0 Å². The van der Waals surface area contributed by atoms with Gasteiger partial charge in [-0.05, 0) is 78.9 Å². The molecule has 0 aromatic heterocycles. The van der Waals surface area contributed by atoms with E-state index in [1.54, 1.807) is 13.0 Å². The average Bonchev–Trinajstić information content (AvgIpc) is 2.99. The van der Waals surface area contributed by atoms with Crippen LogP contribution in [0, 0.1) is 0 Å². The predicted molar refractivity (Wildman–Crippen MR) is 117 cm³/mol. The molecular weight excluding hydrogens is 486 g/mol. The summed E-state index contributed by atoms with van der Waals surface area (Å²) in [6.45, 7) is 2.18. The molecule has 4 rings (SSSR count). The van der Waals surface area contributed by atoms with Crippen molar-refractivity contribution in [1.82, 2.24) is 0 Å². The summed E-state index contributed by atoms with van der Waals surface area (Å²) in [5.41, 5.74) is 2.96. The van der Waals surface area contributed by atoms with Crippen molar-refractivity contribution in [3.8, 4) is 5.75 Å². The Bertz CT molecular complexity index is 1120. The Morgan fingerprint density at radius 2 is 1.79 bits per heavy atom. The van der Waals surface area contributed by atoms with Gasteiger partial charge in [0.15, 0.2) is 0 Å². The van der Waals surface area contributed by atoms with Crippen molar-refractivity contribution in [2.24, 2.45) is 5.16 Å². The van der Waals surface area contributed by atoms with Crippen LogP contribution in [-0.4, -0.2) is 11.7 Å². The number of fused-ring (bicyclic) bond motifs is 1. The maximum Gasteiger partial charge on any atom is 0.367 e. The number of halogens is 2. The van der Waals surface area contributed by atoms with Gasteiger partial charge in [0, 0.05) is 0 Å². The van der Waals surface area contributed by atoms with E-state index in [4.69, 9.17) is 4.74 Å². The lowest BCUT2D eigenvalue weighted by atomic mass is 10.1. The van der Waals surface area contributed by atoms with E-state index in [1.807, 2.05) is 30.3 Å². The Labute approximate surface area is 179 Å². The summed E-state index contributed by atoms with van der Waals surface area (Å²) < 4.78 is 7.67. The van der Waals surface area contributed by atoms with Gasteiger partial charge in [0.1, 0.15) is 12.4 Å². The Kier molecular flexibility index (Phi) is 5.33. The minimum absolute atomic E-state index is 0.442. The zero-order valence-corrected chi connectivity index (χ0v) is 18.1. The van der Waals surface area contributed by atoms with Gasteiger partial charge in [0.05, 0.1) is 20.2 Å². The third kappa shape index (κ3) is 3.75. The number of oxime groups is 1.